The average molecular weight is 561 g/mol. The molecule has 1 aliphatic heterocycles. The summed E-state index contributed by atoms with van der Waals surface area (Å²) in [4.78, 5) is 46.9. The van der Waals surface area contributed by atoms with Crippen molar-refractivity contribution in [2.45, 2.75) is 58.3 Å². The van der Waals surface area contributed by atoms with Gasteiger partial charge in [0, 0.05) is 37.9 Å². The number of carbonyl (C=O) groups is 4. The molecule has 5 atom stereocenters. The second-order valence-electron chi connectivity index (χ2n) is 7.23. The number of esters is 4. The summed E-state index contributed by atoms with van der Waals surface area (Å²) in [6, 6.07) is 7.18. The van der Waals surface area contributed by atoms with Crippen LogP contribution >= 0.6 is 28.1 Å². The van der Waals surface area contributed by atoms with Crippen LogP contribution in [0.4, 0.5) is 5.69 Å². The van der Waals surface area contributed by atoms with Crippen LogP contribution in [0.1, 0.15) is 27.7 Å². The van der Waals surface area contributed by atoms with E-state index in [2.05, 4.69) is 26.6 Å². The predicted molar refractivity (Wildman–Crippen MR) is 125 cm³/mol. The predicted octanol–water partition coefficient (Wildman–Crippen LogP) is 1.82. The van der Waals surface area contributed by atoms with Crippen LogP contribution < -0.4 is 10.6 Å². The van der Waals surface area contributed by atoms with Gasteiger partial charge in [-0.1, -0.05) is 22.0 Å². The summed E-state index contributed by atoms with van der Waals surface area (Å²) in [5, 5.41) is 5.93. The Hall–Kier alpha value is -2.77. The summed E-state index contributed by atoms with van der Waals surface area (Å²) in [7, 11) is 0. The van der Waals surface area contributed by atoms with Crippen LogP contribution in [-0.4, -0.2) is 66.2 Å². The number of thiocarbonyl (C=S) groups is 1. The second-order valence-corrected chi connectivity index (χ2v) is 8.55. The van der Waals surface area contributed by atoms with Gasteiger partial charge in [-0.15, -0.1) is 0 Å². The van der Waals surface area contributed by atoms with Crippen molar-refractivity contribution in [3.63, 3.8) is 0 Å². The number of benzene rings is 1. The first-order valence-electron chi connectivity index (χ1n) is 10.1. The molecule has 1 heterocycles. The van der Waals surface area contributed by atoms with E-state index in [-0.39, 0.29) is 11.7 Å². The number of nitrogens with one attached hydrogen (secondary N) is 2. The number of rotatable bonds is 7. The van der Waals surface area contributed by atoms with Gasteiger partial charge in [0.15, 0.2) is 29.7 Å². The minimum absolute atomic E-state index is 0.0963. The van der Waals surface area contributed by atoms with E-state index >= 15 is 0 Å². The molecule has 186 valence electrons. The van der Waals surface area contributed by atoms with E-state index in [0.717, 1.165) is 25.2 Å². The van der Waals surface area contributed by atoms with Crippen LogP contribution in [0, 0.1) is 0 Å². The maximum Gasteiger partial charge on any atom is 0.303 e. The zero-order chi connectivity index (χ0) is 25.4. The van der Waals surface area contributed by atoms with Crippen molar-refractivity contribution in [1.29, 1.82) is 0 Å². The van der Waals surface area contributed by atoms with Gasteiger partial charge in [0.05, 0.1) is 0 Å². The molecule has 1 aromatic rings. The third-order valence-corrected chi connectivity index (χ3v) is 5.06. The molecule has 5 unspecified atom stereocenters. The van der Waals surface area contributed by atoms with Gasteiger partial charge in [0.2, 0.25) is 0 Å². The van der Waals surface area contributed by atoms with Gasteiger partial charge in [-0.25, -0.2) is 0 Å². The summed E-state index contributed by atoms with van der Waals surface area (Å²) in [5.41, 5.74) is 0.650. The van der Waals surface area contributed by atoms with Crippen LogP contribution in [0.3, 0.4) is 0 Å². The smallest absolute Gasteiger partial charge is 0.303 e. The van der Waals surface area contributed by atoms with E-state index in [9.17, 15) is 19.2 Å². The Morgan fingerprint density at radius 3 is 2.09 bits per heavy atom. The molecule has 0 aliphatic carbocycles. The average Bonchev–Trinajstić information content (AvgIpc) is 2.70. The van der Waals surface area contributed by atoms with E-state index in [0.29, 0.717) is 5.69 Å². The molecule has 34 heavy (non-hydrogen) atoms. The Bertz CT molecular complexity index is 945. The quantitative estimate of drug-likeness (QED) is 0.285. The lowest BCUT2D eigenvalue weighted by molar-refractivity contribution is -0.254. The highest BCUT2D eigenvalue weighted by molar-refractivity contribution is 9.10. The first-order valence-corrected chi connectivity index (χ1v) is 11.3. The fourth-order valence-electron chi connectivity index (χ4n) is 3.21. The molecule has 0 saturated carbocycles. The van der Waals surface area contributed by atoms with Gasteiger partial charge in [0.1, 0.15) is 12.7 Å². The molecular formula is C21H25BrN2O9S. The molecule has 0 spiro atoms. The van der Waals surface area contributed by atoms with Gasteiger partial charge < -0.3 is 34.3 Å². The number of carbonyl (C=O) groups excluding carboxylic acids is 4. The van der Waals surface area contributed by atoms with Crippen LogP contribution in [0.5, 0.6) is 0 Å². The summed E-state index contributed by atoms with van der Waals surface area (Å²) in [6.45, 7) is 4.32. The summed E-state index contributed by atoms with van der Waals surface area (Å²) >= 11 is 8.72. The van der Waals surface area contributed by atoms with Crippen molar-refractivity contribution in [3.05, 3.63) is 28.7 Å². The van der Waals surface area contributed by atoms with E-state index in [1.165, 1.54) is 6.92 Å². The summed E-state index contributed by atoms with van der Waals surface area (Å²) in [5.74, 6) is -2.74. The molecule has 2 rings (SSSR count). The Kier molecular flexibility index (Phi) is 10.2. The van der Waals surface area contributed by atoms with Crippen molar-refractivity contribution in [2.75, 3.05) is 11.9 Å². The lowest BCUT2D eigenvalue weighted by Crippen LogP contribution is -2.66. The number of hydrogen-bond donors (Lipinski definition) is 2. The maximum absolute atomic E-state index is 11.9. The Labute approximate surface area is 209 Å². The lowest BCUT2D eigenvalue weighted by atomic mass is 9.97. The zero-order valence-electron chi connectivity index (χ0n) is 18.9. The number of anilines is 1. The third-order valence-electron chi connectivity index (χ3n) is 4.35. The van der Waals surface area contributed by atoms with Gasteiger partial charge in [0.25, 0.3) is 0 Å². The first-order chi connectivity index (χ1) is 16.0. The maximum atomic E-state index is 11.9. The largest absolute Gasteiger partial charge is 0.463 e. The van der Waals surface area contributed by atoms with Crippen LogP contribution in [0.15, 0.2) is 28.7 Å². The van der Waals surface area contributed by atoms with Crippen molar-refractivity contribution >= 4 is 62.8 Å². The van der Waals surface area contributed by atoms with E-state index < -0.39 is 54.5 Å². The molecule has 11 nitrogen and oxygen atoms in total. The number of halogens is 1. The highest BCUT2D eigenvalue weighted by Gasteiger charge is 2.52. The summed E-state index contributed by atoms with van der Waals surface area (Å²) in [6.07, 6.45) is -6.02. The fourth-order valence-corrected chi connectivity index (χ4v) is 3.84. The molecule has 1 saturated heterocycles. The van der Waals surface area contributed by atoms with Gasteiger partial charge >= 0.3 is 23.9 Å². The number of ether oxygens (including phenoxy) is 5. The van der Waals surface area contributed by atoms with Crippen molar-refractivity contribution in [3.8, 4) is 0 Å². The topological polar surface area (TPSA) is 138 Å². The van der Waals surface area contributed by atoms with Crippen molar-refractivity contribution < 1.29 is 42.9 Å². The molecule has 0 aromatic heterocycles. The van der Waals surface area contributed by atoms with Gasteiger partial charge in [-0.05, 0) is 30.4 Å². The Morgan fingerprint density at radius 2 is 1.53 bits per heavy atom. The monoisotopic (exact) mass is 560 g/mol. The first kappa shape index (κ1) is 27.5. The van der Waals surface area contributed by atoms with E-state index in [1.807, 2.05) is 6.07 Å². The van der Waals surface area contributed by atoms with Crippen LogP contribution in [0.2, 0.25) is 0 Å². The van der Waals surface area contributed by atoms with E-state index in [4.69, 9.17) is 35.9 Å². The summed E-state index contributed by atoms with van der Waals surface area (Å²) < 4.78 is 27.9. The molecule has 13 heteroatoms. The van der Waals surface area contributed by atoms with Crippen LogP contribution in [0.25, 0.3) is 0 Å². The highest BCUT2D eigenvalue weighted by atomic mass is 79.9. The highest BCUT2D eigenvalue weighted by Crippen LogP contribution is 2.28. The Balaban J connectivity index is 2.36. The lowest BCUT2D eigenvalue weighted by Gasteiger charge is -2.44. The van der Waals surface area contributed by atoms with Crippen molar-refractivity contribution in [1.82, 2.24) is 5.32 Å². The Morgan fingerprint density at radius 1 is 0.941 bits per heavy atom. The minimum atomic E-state index is -1.29. The van der Waals surface area contributed by atoms with Crippen molar-refractivity contribution in [2.24, 2.45) is 0 Å². The van der Waals surface area contributed by atoms with Gasteiger partial charge in [-0.3, -0.25) is 19.2 Å². The standard InChI is InChI=1S/C21H25BrN2O9S/c1-10(25)29-9-16-17(30-11(2)26)18(31-12(3)27)19(32-13(4)28)20(33-16)24-21(34)23-15-7-5-6-14(22)8-15/h5-8,16-20H,9H2,1-4H3,(H2,23,24,34). The zero-order valence-corrected chi connectivity index (χ0v) is 21.3. The van der Waals surface area contributed by atoms with Gasteiger partial charge in [-0.2, -0.15) is 0 Å². The number of hydrogen-bond acceptors (Lipinski definition) is 10. The third kappa shape index (κ3) is 8.54. The SMILES string of the molecule is CC(=O)OCC1OC(NC(=S)Nc2cccc(Br)c2)C(OC(C)=O)C(OC(C)=O)C1OC(C)=O. The molecule has 0 amide bonds. The normalized spacial score (nSPS) is 23.7. The molecule has 0 radical (unpaired) electrons. The molecule has 0 bridgehead atoms. The molecule has 1 fully saturated rings. The second kappa shape index (κ2) is 12.6. The molecule has 1 aromatic carbocycles. The molecule has 2 N–H and O–H groups in total. The fraction of sp³-hybridized carbons (Fsp3) is 0.476. The minimum Gasteiger partial charge on any atom is -0.463 e. The molecule has 1 aliphatic rings. The van der Waals surface area contributed by atoms with E-state index in [1.54, 1.807) is 18.2 Å². The van der Waals surface area contributed by atoms with Crippen LogP contribution in [-0.2, 0) is 42.9 Å². The molecular weight excluding hydrogens is 536 g/mol.